The average Bonchev–Trinajstić information content (AvgIpc) is 3.11. The molecule has 0 unspecified atom stereocenters. The first-order valence-electron chi connectivity index (χ1n) is 12.5. The monoisotopic (exact) mass is 452 g/mol. The predicted molar refractivity (Wildman–Crippen MR) is 136 cm³/mol. The predicted octanol–water partition coefficient (Wildman–Crippen LogP) is 4.31. The van der Waals surface area contributed by atoms with E-state index in [1.807, 2.05) is 27.7 Å². The van der Waals surface area contributed by atoms with Crippen LogP contribution in [0.2, 0.25) is 0 Å². The van der Waals surface area contributed by atoms with Gasteiger partial charge in [-0.2, -0.15) is 0 Å². The van der Waals surface area contributed by atoms with Gasteiger partial charge in [0.1, 0.15) is 19.1 Å². The number of nitrogens with zero attached hydrogens (tertiary/aromatic N) is 4. The zero-order valence-corrected chi connectivity index (χ0v) is 21.4. The Kier molecular flexibility index (Phi) is 8.49. The summed E-state index contributed by atoms with van der Waals surface area (Å²) in [4.78, 5) is 21.2. The van der Waals surface area contributed by atoms with Crippen LogP contribution in [0.3, 0.4) is 0 Å². The normalized spacial score (nSPS) is 19.2. The summed E-state index contributed by atoms with van der Waals surface area (Å²) in [5, 5.41) is 1.20. The molecule has 33 heavy (non-hydrogen) atoms. The van der Waals surface area contributed by atoms with E-state index >= 15 is 0 Å². The molecule has 1 saturated carbocycles. The van der Waals surface area contributed by atoms with Gasteiger partial charge >= 0.3 is 6.09 Å². The SMILES string of the molecule is [B]c1cnc2c(c1)c(CC)cn2C1CCC(CN(C)CCN(CC)C(=O)OC(C)(C)C)CC1. The summed E-state index contributed by atoms with van der Waals surface area (Å²) >= 11 is 0. The van der Waals surface area contributed by atoms with Crippen LogP contribution in [0.25, 0.3) is 11.0 Å². The second-order valence-corrected chi connectivity index (χ2v) is 10.6. The Labute approximate surface area is 201 Å². The quantitative estimate of drug-likeness (QED) is 0.560. The van der Waals surface area contributed by atoms with Crippen LogP contribution in [-0.4, -0.2) is 72.1 Å². The number of likely N-dealkylation sites (N-methyl/N-ethyl adjacent to an activating group) is 2. The number of pyridine rings is 1. The molecule has 6 nitrogen and oxygen atoms in total. The van der Waals surface area contributed by atoms with Crippen molar-refractivity contribution in [2.75, 3.05) is 33.2 Å². The molecule has 180 valence electrons. The Morgan fingerprint density at radius 1 is 1.21 bits per heavy atom. The number of rotatable bonds is 8. The van der Waals surface area contributed by atoms with Gasteiger partial charge in [-0.1, -0.05) is 18.5 Å². The third kappa shape index (κ3) is 6.75. The van der Waals surface area contributed by atoms with Crippen molar-refractivity contribution in [2.24, 2.45) is 5.92 Å². The second-order valence-electron chi connectivity index (χ2n) is 10.6. The smallest absolute Gasteiger partial charge is 0.410 e. The molecule has 2 aromatic rings. The molecule has 0 spiro atoms. The lowest BCUT2D eigenvalue weighted by Crippen LogP contribution is -2.41. The molecule has 2 aromatic heterocycles. The molecule has 2 heterocycles. The lowest BCUT2D eigenvalue weighted by atomic mass is 9.85. The van der Waals surface area contributed by atoms with E-state index in [0.717, 1.165) is 30.6 Å². The summed E-state index contributed by atoms with van der Waals surface area (Å²) in [5.74, 6) is 0.693. The van der Waals surface area contributed by atoms with Crippen molar-refractivity contribution in [3.05, 3.63) is 24.0 Å². The van der Waals surface area contributed by atoms with E-state index in [4.69, 9.17) is 12.6 Å². The average molecular weight is 452 g/mol. The molecule has 0 atom stereocenters. The topological polar surface area (TPSA) is 50.6 Å². The number of fused-ring (bicyclic) bond motifs is 1. The molecule has 0 saturated heterocycles. The van der Waals surface area contributed by atoms with Gasteiger partial charge in [0.15, 0.2) is 0 Å². The van der Waals surface area contributed by atoms with E-state index < -0.39 is 5.60 Å². The van der Waals surface area contributed by atoms with E-state index in [-0.39, 0.29) is 6.09 Å². The molecule has 1 fully saturated rings. The second kappa shape index (κ2) is 10.9. The van der Waals surface area contributed by atoms with Gasteiger partial charge in [0.2, 0.25) is 0 Å². The number of aromatic nitrogens is 2. The van der Waals surface area contributed by atoms with E-state index in [0.29, 0.717) is 25.0 Å². The fourth-order valence-electron chi connectivity index (χ4n) is 4.91. The molecular weight excluding hydrogens is 411 g/mol. The maximum atomic E-state index is 12.4. The van der Waals surface area contributed by atoms with Gasteiger partial charge in [-0.3, -0.25) is 0 Å². The maximum Gasteiger partial charge on any atom is 0.410 e. The Hall–Kier alpha value is -2.02. The molecule has 1 aliphatic rings. The summed E-state index contributed by atoms with van der Waals surface area (Å²) < 4.78 is 7.92. The number of hydrogen-bond acceptors (Lipinski definition) is 4. The Bertz CT molecular complexity index is 928. The molecule has 0 N–H and O–H groups in total. The van der Waals surface area contributed by atoms with E-state index in [1.165, 1.54) is 36.6 Å². The molecule has 0 aromatic carbocycles. The Morgan fingerprint density at radius 3 is 2.52 bits per heavy atom. The summed E-state index contributed by atoms with van der Waals surface area (Å²) in [6, 6.07) is 2.57. The number of carbonyl (C=O) groups is 1. The zero-order valence-electron chi connectivity index (χ0n) is 21.4. The van der Waals surface area contributed by atoms with Crippen LogP contribution in [0.15, 0.2) is 18.5 Å². The molecule has 0 aliphatic heterocycles. The van der Waals surface area contributed by atoms with Gasteiger partial charge in [0, 0.05) is 50.0 Å². The van der Waals surface area contributed by atoms with Crippen molar-refractivity contribution in [1.82, 2.24) is 19.4 Å². The van der Waals surface area contributed by atoms with Crippen molar-refractivity contribution >= 4 is 30.4 Å². The largest absolute Gasteiger partial charge is 0.444 e. The summed E-state index contributed by atoms with van der Waals surface area (Å²) in [5.41, 5.74) is 2.68. The molecule has 3 rings (SSSR count). The molecule has 1 amide bonds. The lowest BCUT2D eigenvalue weighted by molar-refractivity contribution is 0.0244. The molecule has 2 radical (unpaired) electrons. The number of aryl methyl sites for hydroxylation is 1. The van der Waals surface area contributed by atoms with E-state index in [2.05, 4.69) is 40.7 Å². The van der Waals surface area contributed by atoms with Crippen LogP contribution >= 0.6 is 0 Å². The number of ether oxygens (including phenoxy) is 1. The van der Waals surface area contributed by atoms with Crippen LogP contribution in [0.5, 0.6) is 0 Å². The van der Waals surface area contributed by atoms with Crippen LogP contribution in [0, 0.1) is 5.92 Å². The summed E-state index contributed by atoms with van der Waals surface area (Å²) in [7, 11) is 8.15. The number of carbonyl (C=O) groups excluding carboxylic acids is 1. The van der Waals surface area contributed by atoms with Gasteiger partial charge in [-0.25, -0.2) is 9.78 Å². The first-order valence-corrected chi connectivity index (χ1v) is 12.5. The first-order chi connectivity index (χ1) is 15.6. The van der Waals surface area contributed by atoms with E-state index in [1.54, 1.807) is 11.1 Å². The minimum Gasteiger partial charge on any atom is -0.444 e. The minimum atomic E-state index is -0.458. The van der Waals surface area contributed by atoms with Crippen LogP contribution in [0.4, 0.5) is 4.79 Å². The minimum absolute atomic E-state index is 0.223. The maximum absolute atomic E-state index is 12.4. The fourth-order valence-corrected chi connectivity index (χ4v) is 4.91. The van der Waals surface area contributed by atoms with Crippen LogP contribution in [0.1, 0.15) is 71.9 Å². The highest BCUT2D eigenvalue weighted by Crippen LogP contribution is 2.35. The highest BCUT2D eigenvalue weighted by molar-refractivity contribution is 6.32. The number of amides is 1. The van der Waals surface area contributed by atoms with Crippen molar-refractivity contribution < 1.29 is 9.53 Å². The van der Waals surface area contributed by atoms with Crippen LogP contribution < -0.4 is 5.46 Å². The molecule has 1 aliphatic carbocycles. The highest BCUT2D eigenvalue weighted by atomic mass is 16.6. The van der Waals surface area contributed by atoms with E-state index in [9.17, 15) is 4.79 Å². The third-order valence-electron chi connectivity index (χ3n) is 6.72. The molecular formula is C26H41BN4O2. The van der Waals surface area contributed by atoms with Crippen molar-refractivity contribution in [3.63, 3.8) is 0 Å². The first kappa shape index (κ1) is 25.6. The Balaban J connectivity index is 1.50. The fraction of sp³-hybridized carbons (Fsp3) is 0.692. The molecule has 7 heteroatoms. The summed E-state index contributed by atoms with van der Waals surface area (Å²) in [6.07, 6.45) is 9.63. The van der Waals surface area contributed by atoms with Crippen LogP contribution in [-0.2, 0) is 11.2 Å². The van der Waals surface area contributed by atoms with Gasteiger partial charge < -0.3 is 19.1 Å². The van der Waals surface area contributed by atoms with Gasteiger partial charge in [0.25, 0.3) is 0 Å². The van der Waals surface area contributed by atoms with Gasteiger partial charge in [-0.15, -0.1) is 0 Å². The lowest BCUT2D eigenvalue weighted by Gasteiger charge is -2.33. The third-order valence-corrected chi connectivity index (χ3v) is 6.72. The van der Waals surface area contributed by atoms with Crippen molar-refractivity contribution in [1.29, 1.82) is 0 Å². The highest BCUT2D eigenvalue weighted by Gasteiger charge is 2.26. The zero-order chi connectivity index (χ0) is 24.2. The van der Waals surface area contributed by atoms with Gasteiger partial charge in [-0.05, 0) is 78.3 Å². The van der Waals surface area contributed by atoms with Gasteiger partial charge in [0.05, 0.1) is 0 Å². The molecule has 0 bridgehead atoms. The summed E-state index contributed by atoms with van der Waals surface area (Å²) in [6.45, 7) is 13.2. The van der Waals surface area contributed by atoms with Crippen molar-refractivity contribution in [3.8, 4) is 0 Å². The number of hydrogen-bond donors (Lipinski definition) is 0. The standard InChI is InChI=1S/C26H41BN4O2/c1-7-20-18-31(24-23(20)15-21(27)16-28-24)22-11-9-19(10-12-22)17-29(6)13-14-30(8-2)25(32)33-26(3,4)5/h15-16,18-19,22H,7-14,17H2,1-6H3. The Morgan fingerprint density at radius 2 is 1.91 bits per heavy atom. The van der Waals surface area contributed by atoms with Crippen molar-refractivity contribution in [2.45, 2.75) is 78.4 Å².